The zero-order valence-electron chi connectivity index (χ0n) is 12.4. The lowest BCUT2D eigenvalue weighted by Crippen LogP contribution is -1.99. The average Bonchev–Trinajstić information content (AvgIpc) is 2.56. The lowest BCUT2D eigenvalue weighted by atomic mass is 10.1. The van der Waals surface area contributed by atoms with Gasteiger partial charge < -0.3 is 10.1 Å². The van der Waals surface area contributed by atoms with E-state index in [-0.39, 0.29) is 0 Å². The van der Waals surface area contributed by atoms with Gasteiger partial charge in [0.05, 0.1) is 24.1 Å². The molecule has 0 aliphatic heterocycles. The van der Waals surface area contributed by atoms with Crippen molar-refractivity contribution in [1.29, 1.82) is 5.26 Å². The number of rotatable bonds is 4. The van der Waals surface area contributed by atoms with Crippen molar-refractivity contribution in [2.24, 2.45) is 0 Å². The van der Waals surface area contributed by atoms with Crippen molar-refractivity contribution in [3.63, 3.8) is 0 Å². The standard InChI is InChI=1S/C17H13BrN4O/c1-2-23-14-7-15-16(22-13-5-3-4-12(18)6-13)11(8-19)9-20-17(15)21-10-14/h3-7,9-10H,2H2,1H3,(H,20,21,22). The predicted molar refractivity (Wildman–Crippen MR) is 92.8 cm³/mol. The molecule has 0 bridgehead atoms. The minimum absolute atomic E-state index is 0.452. The van der Waals surface area contributed by atoms with Crippen molar-refractivity contribution >= 4 is 38.3 Å². The highest BCUT2D eigenvalue weighted by atomic mass is 79.9. The van der Waals surface area contributed by atoms with Gasteiger partial charge in [0, 0.05) is 21.7 Å². The first-order chi connectivity index (χ1) is 11.2. The minimum Gasteiger partial charge on any atom is -0.492 e. The van der Waals surface area contributed by atoms with Crippen molar-refractivity contribution in [1.82, 2.24) is 9.97 Å². The number of pyridine rings is 2. The Balaban J connectivity index is 2.15. The number of nitriles is 1. The second-order valence-electron chi connectivity index (χ2n) is 4.77. The van der Waals surface area contributed by atoms with Gasteiger partial charge in [0.25, 0.3) is 0 Å². The van der Waals surface area contributed by atoms with E-state index < -0.39 is 0 Å². The highest BCUT2D eigenvalue weighted by Gasteiger charge is 2.11. The zero-order chi connectivity index (χ0) is 16.2. The Bertz CT molecular complexity index is 905. The summed E-state index contributed by atoms with van der Waals surface area (Å²) in [6.45, 7) is 2.46. The van der Waals surface area contributed by atoms with Crippen LogP contribution in [0.1, 0.15) is 12.5 Å². The molecule has 1 aromatic carbocycles. The lowest BCUT2D eigenvalue weighted by molar-refractivity contribution is 0.339. The van der Waals surface area contributed by atoms with Crippen LogP contribution in [0.3, 0.4) is 0 Å². The molecule has 114 valence electrons. The van der Waals surface area contributed by atoms with Crippen molar-refractivity contribution in [2.75, 3.05) is 11.9 Å². The molecule has 0 spiro atoms. The Hall–Kier alpha value is -2.65. The number of nitrogens with zero attached hydrogens (tertiary/aromatic N) is 3. The molecule has 0 saturated carbocycles. The molecule has 0 fully saturated rings. The summed E-state index contributed by atoms with van der Waals surface area (Å²) in [6, 6.07) is 11.7. The number of anilines is 2. The summed E-state index contributed by atoms with van der Waals surface area (Å²) in [5.41, 5.74) is 2.55. The van der Waals surface area contributed by atoms with E-state index in [0.29, 0.717) is 29.3 Å². The number of hydrogen-bond acceptors (Lipinski definition) is 5. The van der Waals surface area contributed by atoms with Gasteiger partial charge >= 0.3 is 0 Å². The molecule has 23 heavy (non-hydrogen) atoms. The highest BCUT2D eigenvalue weighted by molar-refractivity contribution is 9.10. The Labute approximate surface area is 142 Å². The maximum absolute atomic E-state index is 9.39. The van der Waals surface area contributed by atoms with Crippen molar-refractivity contribution < 1.29 is 4.74 Å². The molecule has 1 N–H and O–H groups in total. The summed E-state index contributed by atoms with van der Waals surface area (Å²) in [5.74, 6) is 0.647. The second-order valence-corrected chi connectivity index (χ2v) is 5.68. The quantitative estimate of drug-likeness (QED) is 0.738. The number of ether oxygens (including phenoxy) is 1. The van der Waals surface area contributed by atoms with Crippen LogP contribution < -0.4 is 10.1 Å². The third-order valence-corrected chi connectivity index (χ3v) is 3.71. The molecule has 0 unspecified atom stereocenters. The van der Waals surface area contributed by atoms with Gasteiger partial charge in [0.2, 0.25) is 0 Å². The maximum atomic E-state index is 9.39. The van der Waals surface area contributed by atoms with Gasteiger partial charge in [-0.05, 0) is 31.2 Å². The van der Waals surface area contributed by atoms with E-state index in [1.165, 1.54) is 6.20 Å². The van der Waals surface area contributed by atoms with Gasteiger partial charge in [-0.15, -0.1) is 0 Å². The molecule has 0 saturated heterocycles. The molecule has 0 radical (unpaired) electrons. The van der Waals surface area contributed by atoms with Crippen LogP contribution in [-0.2, 0) is 0 Å². The molecule has 0 amide bonds. The fourth-order valence-electron chi connectivity index (χ4n) is 2.24. The van der Waals surface area contributed by atoms with E-state index in [4.69, 9.17) is 4.74 Å². The van der Waals surface area contributed by atoms with E-state index in [0.717, 1.165) is 15.5 Å². The van der Waals surface area contributed by atoms with E-state index in [2.05, 4.69) is 37.3 Å². The maximum Gasteiger partial charge on any atom is 0.161 e. The van der Waals surface area contributed by atoms with Crippen LogP contribution in [0.15, 0.2) is 47.2 Å². The summed E-state index contributed by atoms with van der Waals surface area (Å²) in [4.78, 5) is 8.53. The summed E-state index contributed by atoms with van der Waals surface area (Å²) in [6.07, 6.45) is 3.16. The number of nitrogens with one attached hydrogen (secondary N) is 1. The van der Waals surface area contributed by atoms with Crippen LogP contribution >= 0.6 is 15.9 Å². The Morgan fingerprint density at radius 3 is 2.83 bits per heavy atom. The van der Waals surface area contributed by atoms with Gasteiger partial charge in [0.15, 0.2) is 5.65 Å². The van der Waals surface area contributed by atoms with Crippen LogP contribution in [0, 0.1) is 11.3 Å². The first-order valence-electron chi connectivity index (χ1n) is 7.05. The third-order valence-electron chi connectivity index (χ3n) is 3.22. The molecule has 0 atom stereocenters. The molecule has 3 aromatic rings. The van der Waals surface area contributed by atoms with Crippen molar-refractivity contribution in [2.45, 2.75) is 6.92 Å². The number of halogens is 1. The summed E-state index contributed by atoms with van der Waals surface area (Å²) < 4.78 is 6.45. The second kappa shape index (κ2) is 6.63. The SMILES string of the molecule is CCOc1cnc2ncc(C#N)c(Nc3cccc(Br)c3)c2c1. The molecular weight excluding hydrogens is 356 g/mol. The van der Waals surface area contributed by atoms with Crippen molar-refractivity contribution in [3.8, 4) is 11.8 Å². The van der Waals surface area contributed by atoms with Crippen LogP contribution in [0.5, 0.6) is 5.75 Å². The largest absolute Gasteiger partial charge is 0.492 e. The van der Waals surface area contributed by atoms with E-state index >= 15 is 0 Å². The number of aromatic nitrogens is 2. The van der Waals surface area contributed by atoms with Crippen LogP contribution in [-0.4, -0.2) is 16.6 Å². The summed E-state index contributed by atoms with van der Waals surface area (Å²) in [5, 5.41) is 13.4. The Morgan fingerprint density at radius 2 is 2.09 bits per heavy atom. The van der Waals surface area contributed by atoms with Crippen LogP contribution in [0.4, 0.5) is 11.4 Å². The molecular formula is C17H13BrN4O. The Morgan fingerprint density at radius 1 is 1.26 bits per heavy atom. The van der Waals surface area contributed by atoms with Gasteiger partial charge in [0.1, 0.15) is 11.8 Å². The first-order valence-corrected chi connectivity index (χ1v) is 7.85. The number of benzene rings is 1. The third kappa shape index (κ3) is 3.25. The van der Waals surface area contributed by atoms with Gasteiger partial charge in [-0.1, -0.05) is 22.0 Å². The molecule has 2 heterocycles. The monoisotopic (exact) mass is 368 g/mol. The lowest BCUT2D eigenvalue weighted by Gasteiger charge is -2.12. The summed E-state index contributed by atoms with van der Waals surface area (Å²) in [7, 11) is 0. The Kier molecular flexibility index (Phi) is 4.40. The fourth-order valence-corrected chi connectivity index (χ4v) is 2.64. The first kappa shape index (κ1) is 15.3. The zero-order valence-corrected chi connectivity index (χ0v) is 14.0. The predicted octanol–water partition coefficient (Wildman–Crippen LogP) is 4.41. The van der Waals surface area contributed by atoms with E-state index in [9.17, 15) is 5.26 Å². The minimum atomic E-state index is 0.452. The molecule has 2 aromatic heterocycles. The average molecular weight is 369 g/mol. The number of fused-ring (bicyclic) bond motifs is 1. The molecule has 6 heteroatoms. The van der Waals surface area contributed by atoms with Crippen LogP contribution in [0.2, 0.25) is 0 Å². The normalized spacial score (nSPS) is 10.3. The van der Waals surface area contributed by atoms with E-state index in [1.807, 2.05) is 37.3 Å². The summed E-state index contributed by atoms with van der Waals surface area (Å²) >= 11 is 3.44. The molecule has 5 nitrogen and oxygen atoms in total. The topological polar surface area (TPSA) is 70.8 Å². The van der Waals surface area contributed by atoms with Crippen LogP contribution in [0.25, 0.3) is 11.0 Å². The molecule has 0 aliphatic carbocycles. The number of hydrogen-bond donors (Lipinski definition) is 1. The molecule has 3 rings (SSSR count). The highest BCUT2D eigenvalue weighted by Crippen LogP contribution is 2.30. The van der Waals surface area contributed by atoms with Crippen molar-refractivity contribution in [3.05, 3.63) is 52.8 Å². The van der Waals surface area contributed by atoms with Gasteiger partial charge in [-0.25, -0.2) is 9.97 Å². The molecule has 0 aliphatic rings. The smallest absolute Gasteiger partial charge is 0.161 e. The van der Waals surface area contributed by atoms with E-state index in [1.54, 1.807) is 6.20 Å². The fraction of sp³-hybridized carbons (Fsp3) is 0.118. The van der Waals surface area contributed by atoms with Gasteiger partial charge in [-0.2, -0.15) is 5.26 Å². The van der Waals surface area contributed by atoms with Gasteiger partial charge in [-0.3, -0.25) is 0 Å².